The Bertz CT molecular complexity index is 1430. The lowest BCUT2D eigenvalue weighted by molar-refractivity contribution is 0.0300. The molecule has 2 amide bonds. The van der Waals surface area contributed by atoms with Crippen molar-refractivity contribution in [3.8, 4) is 5.75 Å². The van der Waals surface area contributed by atoms with Gasteiger partial charge in [0.1, 0.15) is 27.7 Å². The molecule has 0 bridgehead atoms. The molecule has 11 heteroatoms. The van der Waals surface area contributed by atoms with E-state index in [4.69, 9.17) is 19.9 Å². The zero-order valence-electron chi connectivity index (χ0n) is 24.3. The van der Waals surface area contributed by atoms with Gasteiger partial charge in [-0.15, -0.1) is 11.3 Å². The number of aromatic nitrogens is 1. The van der Waals surface area contributed by atoms with E-state index in [-0.39, 0.29) is 24.1 Å². The third-order valence-electron chi connectivity index (χ3n) is 7.10. The van der Waals surface area contributed by atoms with E-state index in [1.807, 2.05) is 52.0 Å². The summed E-state index contributed by atoms with van der Waals surface area (Å²) in [6.07, 6.45) is 0.945. The summed E-state index contributed by atoms with van der Waals surface area (Å²) >= 11 is 1.31. The number of nitrogens with one attached hydrogen (secondary N) is 2. The Hall–Kier alpha value is -3.57. The highest BCUT2D eigenvalue weighted by Gasteiger charge is 2.36. The van der Waals surface area contributed by atoms with Crippen LogP contribution in [0.25, 0.3) is 10.2 Å². The molecule has 1 aromatic carbocycles. The normalized spacial score (nSPS) is 20.4. The summed E-state index contributed by atoms with van der Waals surface area (Å²) in [6.45, 7) is 11.7. The van der Waals surface area contributed by atoms with E-state index >= 15 is 0 Å². The van der Waals surface area contributed by atoms with E-state index in [1.54, 1.807) is 0 Å². The number of pyridine rings is 1. The summed E-state index contributed by atoms with van der Waals surface area (Å²) in [6, 6.07) is 9.54. The number of carbonyl (C=O) groups is 2. The number of nitrogens with zero attached hydrogens (tertiary/aromatic N) is 2. The van der Waals surface area contributed by atoms with Crippen LogP contribution in [0.3, 0.4) is 0 Å². The van der Waals surface area contributed by atoms with E-state index in [1.165, 1.54) is 11.3 Å². The van der Waals surface area contributed by atoms with Gasteiger partial charge in [0.15, 0.2) is 0 Å². The van der Waals surface area contributed by atoms with Crippen molar-refractivity contribution in [2.75, 3.05) is 36.9 Å². The number of fused-ring (bicyclic) bond motifs is 2. The average molecular weight is 582 g/mol. The Labute approximate surface area is 244 Å². The number of hydrogen-bond acceptors (Lipinski definition) is 9. The summed E-state index contributed by atoms with van der Waals surface area (Å²) in [7, 11) is 0. The van der Waals surface area contributed by atoms with Crippen molar-refractivity contribution in [1.29, 1.82) is 0 Å². The van der Waals surface area contributed by atoms with E-state index < -0.39 is 11.7 Å². The molecule has 4 N–H and O–H groups in total. The summed E-state index contributed by atoms with van der Waals surface area (Å²) < 4.78 is 17.7. The quantitative estimate of drug-likeness (QED) is 0.374. The monoisotopic (exact) mass is 581 g/mol. The number of hydrogen-bond donors (Lipinski definition) is 3. The molecule has 3 unspecified atom stereocenters. The SMILES string of the molecule is CCCOC1CN(c2ccc3c(c2)OCC(NC(=O)c2sc4nc(C)ccc4c2N)C3)CC1NC(=O)OC(C)(C)C. The molecule has 1 saturated heterocycles. The topological polar surface area (TPSA) is 128 Å². The van der Waals surface area contributed by atoms with Crippen LogP contribution < -0.4 is 26.0 Å². The average Bonchev–Trinajstić information content (AvgIpc) is 3.46. The summed E-state index contributed by atoms with van der Waals surface area (Å²) in [5.74, 6) is 0.583. The first-order valence-electron chi connectivity index (χ1n) is 14.1. The minimum absolute atomic E-state index is 0.153. The number of benzene rings is 1. The Kier molecular flexibility index (Phi) is 8.28. The van der Waals surface area contributed by atoms with Crippen LogP contribution in [-0.4, -0.2) is 67.1 Å². The molecule has 2 aromatic heterocycles. The van der Waals surface area contributed by atoms with Crippen molar-refractivity contribution in [3.63, 3.8) is 0 Å². The molecule has 4 heterocycles. The van der Waals surface area contributed by atoms with Gasteiger partial charge < -0.3 is 35.5 Å². The molecule has 1 fully saturated rings. The van der Waals surface area contributed by atoms with Gasteiger partial charge in [0.2, 0.25) is 0 Å². The molecular formula is C30H39N5O5S. The second-order valence-electron chi connectivity index (χ2n) is 11.7. The van der Waals surface area contributed by atoms with Crippen molar-refractivity contribution in [2.24, 2.45) is 0 Å². The van der Waals surface area contributed by atoms with Crippen molar-refractivity contribution in [2.45, 2.75) is 71.2 Å². The van der Waals surface area contributed by atoms with Crippen LogP contribution in [0.1, 0.15) is 55.0 Å². The minimum Gasteiger partial charge on any atom is -0.491 e. The van der Waals surface area contributed by atoms with Gasteiger partial charge >= 0.3 is 6.09 Å². The highest BCUT2D eigenvalue weighted by molar-refractivity contribution is 7.21. The molecule has 5 rings (SSSR count). The van der Waals surface area contributed by atoms with Crippen LogP contribution >= 0.6 is 11.3 Å². The van der Waals surface area contributed by atoms with Crippen LogP contribution in [0, 0.1) is 6.92 Å². The zero-order chi connectivity index (χ0) is 29.3. The van der Waals surface area contributed by atoms with Crippen LogP contribution in [-0.2, 0) is 15.9 Å². The molecular weight excluding hydrogens is 542 g/mol. The van der Waals surface area contributed by atoms with Gasteiger partial charge in [0.05, 0.1) is 23.9 Å². The van der Waals surface area contributed by atoms with Crippen LogP contribution in [0.4, 0.5) is 16.2 Å². The number of carbonyl (C=O) groups excluding carboxylic acids is 2. The molecule has 220 valence electrons. The Morgan fingerprint density at radius 1 is 1.20 bits per heavy atom. The van der Waals surface area contributed by atoms with Gasteiger partial charge in [-0.3, -0.25) is 4.79 Å². The lowest BCUT2D eigenvalue weighted by Crippen LogP contribution is -2.46. The minimum atomic E-state index is -0.573. The summed E-state index contributed by atoms with van der Waals surface area (Å²) in [5.41, 5.74) is 9.07. The number of rotatable bonds is 7. The molecule has 0 aliphatic carbocycles. The first-order valence-corrected chi connectivity index (χ1v) is 14.9. The lowest BCUT2D eigenvalue weighted by atomic mass is 10.0. The smallest absolute Gasteiger partial charge is 0.408 e. The highest BCUT2D eigenvalue weighted by atomic mass is 32.1. The third kappa shape index (κ3) is 6.68. The lowest BCUT2D eigenvalue weighted by Gasteiger charge is -2.28. The van der Waals surface area contributed by atoms with Gasteiger partial charge in [-0.25, -0.2) is 9.78 Å². The highest BCUT2D eigenvalue weighted by Crippen LogP contribution is 2.34. The van der Waals surface area contributed by atoms with E-state index in [0.717, 1.165) is 39.3 Å². The Balaban J connectivity index is 1.23. The van der Waals surface area contributed by atoms with Crippen LogP contribution in [0.5, 0.6) is 5.75 Å². The molecule has 2 aliphatic heterocycles. The number of aryl methyl sites for hydroxylation is 1. The number of ether oxygens (including phenoxy) is 3. The Morgan fingerprint density at radius 2 is 2.00 bits per heavy atom. The number of amides is 2. The van der Waals surface area contributed by atoms with Gasteiger partial charge in [-0.05, 0) is 64.3 Å². The molecule has 41 heavy (non-hydrogen) atoms. The first-order chi connectivity index (χ1) is 19.5. The van der Waals surface area contributed by atoms with Crippen molar-refractivity contribution >= 4 is 44.9 Å². The van der Waals surface area contributed by atoms with Crippen molar-refractivity contribution < 1.29 is 23.8 Å². The maximum absolute atomic E-state index is 13.1. The van der Waals surface area contributed by atoms with Crippen molar-refractivity contribution in [1.82, 2.24) is 15.6 Å². The molecule has 0 spiro atoms. The predicted molar refractivity (Wildman–Crippen MR) is 161 cm³/mol. The van der Waals surface area contributed by atoms with Gasteiger partial charge in [-0.2, -0.15) is 0 Å². The van der Waals surface area contributed by atoms with Crippen LogP contribution in [0.15, 0.2) is 30.3 Å². The van der Waals surface area contributed by atoms with E-state index in [9.17, 15) is 9.59 Å². The number of nitrogen functional groups attached to an aromatic ring is 1. The molecule has 2 aliphatic rings. The molecule has 0 radical (unpaired) electrons. The number of alkyl carbamates (subject to hydrolysis) is 1. The predicted octanol–water partition coefficient (Wildman–Crippen LogP) is 4.43. The second-order valence-corrected chi connectivity index (χ2v) is 12.7. The third-order valence-corrected chi connectivity index (χ3v) is 8.22. The number of anilines is 2. The van der Waals surface area contributed by atoms with Gasteiger partial charge in [0, 0.05) is 42.5 Å². The van der Waals surface area contributed by atoms with Gasteiger partial charge in [0.25, 0.3) is 5.91 Å². The maximum Gasteiger partial charge on any atom is 0.408 e. The fourth-order valence-corrected chi connectivity index (χ4v) is 6.22. The maximum atomic E-state index is 13.1. The van der Waals surface area contributed by atoms with E-state index in [2.05, 4.69) is 33.5 Å². The largest absolute Gasteiger partial charge is 0.491 e. The van der Waals surface area contributed by atoms with E-state index in [0.29, 0.717) is 43.3 Å². The molecule has 3 aromatic rings. The molecule has 0 saturated carbocycles. The Morgan fingerprint density at radius 3 is 2.76 bits per heavy atom. The fraction of sp³-hybridized carbons (Fsp3) is 0.500. The van der Waals surface area contributed by atoms with Crippen LogP contribution in [0.2, 0.25) is 0 Å². The molecule has 3 atom stereocenters. The second kappa shape index (κ2) is 11.7. The first kappa shape index (κ1) is 28.9. The van der Waals surface area contributed by atoms with Crippen molar-refractivity contribution in [3.05, 3.63) is 46.5 Å². The standard InChI is InChI=1S/C30H39N5O5S/c1-6-11-38-24-15-35(14-22(24)34-29(37)40-30(3,4)5)20-9-8-18-12-19(16-39-23(18)13-20)33-27(36)26-25(31)21-10-7-17(2)32-28(21)41-26/h7-10,13,19,22,24H,6,11-12,14-16,31H2,1-5H3,(H,33,36)(H,34,37). The summed E-state index contributed by atoms with van der Waals surface area (Å²) in [5, 5.41) is 6.89. The fourth-order valence-electron chi connectivity index (χ4n) is 5.18. The number of nitrogens with two attached hydrogens (primary N) is 1. The zero-order valence-corrected chi connectivity index (χ0v) is 25.1. The number of thiophene rings is 1. The van der Waals surface area contributed by atoms with Gasteiger partial charge in [-0.1, -0.05) is 13.0 Å². The summed E-state index contributed by atoms with van der Waals surface area (Å²) in [4.78, 5) is 33.5. The molecule has 10 nitrogen and oxygen atoms in total.